The Kier molecular flexibility index (Phi) is 4.64. The quantitative estimate of drug-likeness (QED) is 0.756. The highest BCUT2D eigenvalue weighted by molar-refractivity contribution is 5.78. The van der Waals surface area contributed by atoms with Crippen LogP contribution in [0.5, 0.6) is 0 Å². The summed E-state index contributed by atoms with van der Waals surface area (Å²) in [5.74, 6) is 2.01. The molecular weight excluding hydrogens is 332 g/mol. The minimum atomic E-state index is 0.113. The zero-order chi connectivity index (χ0) is 17.9. The molecule has 0 spiro atoms. The van der Waals surface area contributed by atoms with Gasteiger partial charge in [-0.05, 0) is 25.0 Å². The van der Waals surface area contributed by atoms with Gasteiger partial charge < -0.3 is 9.84 Å². The number of hydrogen-bond donors (Lipinski definition) is 1. The van der Waals surface area contributed by atoms with Crippen LogP contribution in [0.25, 0.3) is 17.1 Å². The van der Waals surface area contributed by atoms with Crippen molar-refractivity contribution in [1.82, 2.24) is 30.1 Å². The molecule has 0 aromatic carbocycles. The van der Waals surface area contributed by atoms with E-state index in [2.05, 4.69) is 25.7 Å². The van der Waals surface area contributed by atoms with Crippen molar-refractivity contribution in [3.8, 4) is 11.5 Å². The van der Waals surface area contributed by atoms with Crippen molar-refractivity contribution in [1.29, 1.82) is 0 Å². The summed E-state index contributed by atoms with van der Waals surface area (Å²) < 4.78 is 7.18. The van der Waals surface area contributed by atoms with Gasteiger partial charge in [0, 0.05) is 18.5 Å². The minimum absolute atomic E-state index is 0.113. The number of amides is 1. The molecular formula is C18H22N6O2. The summed E-state index contributed by atoms with van der Waals surface area (Å²) >= 11 is 0. The zero-order valence-electron chi connectivity index (χ0n) is 14.8. The zero-order valence-corrected chi connectivity index (χ0v) is 14.8. The van der Waals surface area contributed by atoms with Gasteiger partial charge in [0.1, 0.15) is 0 Å². The first-order chi connectivity index (χ1) is 12.8. The van der Waals surface area contributed by atoms with Crippen LogP contribution in [0, 0.1) is 5.92 Å². The highest BCUT2D eigenvalue weighted by Crippen LogP contribution is 2.24. The third-order valence-corrected chi connectivity index (χ3v) is 4.92. The van der Waals surface area contributed by atoms with E-state index in [0.29, 0.717) is 36.2 Å². The number of aryl methyl sites for hydroxylation is 1. The van der Waals surface area contributed by atoms with Gasteiger partial charge in [0.15, 0.2) is 17.3 Å². The molecule has 0 atom stereocenters. The third-order valence-electron chi connectivity index (χ3n) is 4.92. The van der Waals surface area contributed by atoms with Crippen molar-refractivity contribution in [2.75, 3.05) is 0 Å². The lowest BCUT2D eigenvalue weighted by molar-refractivity contribution is -0.126. The van der Waals surface area contributed by atoms with E-state index >= 15 is 0 Å². The summed E-state index contributed by atoms with van der Waals surface area (Å²) in [5, 5.41) is 15.4. The summed E-state index contributed by atoms with van der Waals surface area (Å²) in [6, 6.07) is 3.76. The van der Waals surface area contributed by atoms with Crippen LogP contribution in [0.4, 0.5) is 0 Å². The molecule has 1 saturated carbocycles. The normalized spacial score (nSPS) is 15.4. The Morgan fingerprint density at radius 3 is 2.92 bits per heavy atom. The average Bonchev–Trinajstić information content (AvgIpc) is 3.33. The second-order valence-corrected chi connectivity index (χ2v) is 6.65. The number of pyridine rings is 1. The van der Waals surface area contributed by atoms with Crippen LogP contribution in [0.1, 0.15) is 50.7 Å². The van der Waals surface area contributed by atoms with Crippen LogP contribution < -0.4 is 5.32 Å². The monoisotopic (exact) mass is 354 g/mol. The average molecular weight is 354 g/mol. The first-order valence-electron chi connectivity index (χ1n) is 9.19. The summed E-state index contributed by atoms with van der Waals surface area (Å²) in [5.41, 5.74) is 1.37. The molecule has 8 heteroatoms. The molecule has 3 heterocycles. The molecule has 4 rings (SSSR count). The highest BCUT2D eigenvalue weighted by atomic mass is 16.5. The van der Waals surface area contributed by atoms with E-state index in [9.17, 15) is 4.79 Å². The van der Waals surface area contributed by atoms with E-state index < -0.39 is 0 Å². The first-order valence-corrected chi connectivity index (χ1v) is 9.19. The topological polar surface area (TPSA) is 98.2 Å². The smallest absolute Gasteiger partial charge is 0.261 e. The van der Waals surface area contributed by atoms with E-state index in [1.54, 1.807) is 0 Å². The van der Waals surface area contributed by atoms with Crippen LogP contribution in [0.3, 0.4) is 0 Å². The van der Waals surface area contributed by atoms with Gasteiger partial charge in [-0.3, -0.25) is 9.20 Å². The maximum absolute atomic E-state index is 12.4. The lowest BCUT2D eigenvalue weighted by atomic mass is 9.89. The Bertz CT molecular complexity index is 909. The fraction of sp³-hybridized carbons (Fsp3) is 0.500. The van der Waals surface area contributed by atoms with E-state index in [0.717, 1.165) is 31.2 Å². The van der Waals surface area contributed by atoms with Crippen molar-refractivity contribution in [3.63, 3.8) is 0 Å². The Balaban J connectivity index is 1.53. The van der Waals surface area contributed by atoms with Crippen molar-refractivity contribution in [2.24, 2.45) is 5.92 Å². The van der Waals surface area contributed by atoms with Gasteiger partial charge in [-0.15, -0.1) is 10.2 Å². The number of rotatable bonds is 5. The largest absolute Gasteiger partial charge is 0.349 e. The van der Waals surface area contributed by atoms with Crippen LogP contribution >= 0.6 is 0 Å². The molecule has 3 aromatic heterocycles. The number of nitrogens with zero attached hydrogens (tertiary/aromatic N) is 5. The van der Waals surface area contributed by atoms with Crippen LogP contribution in [0.2, 0.25) is 0 Å². The van der Waals surface area contributed by atoms with E-state index in [-0.39, 0.29) is 11.8 Å². The maximum atomic E-state index is 12.4. The van der Waals surface area contributed by atoms with Gasteiger partial charge in [-0.2, -0.15) is 4.98 Å². The predicted octanol–water partition coefficient (Wildman–Crippen LogP) is 2.54. The summed E-state index contributed by atoms with van der Waals surface area (Å²) in [6.45, 7) is 2.32. The Hall–Kier alpha value is -2.77. The number of hydrogen-bond acceptors (Lipinski definition) is 6. The Labute approximate surface area is 151 Å². The Morgan fingerprint density at radius 1 is 1.31 bits per heavy atom. The summed E-state index contributed by atoms with van der Waals surface area (Å²) in [6.07, 6.45) is 8.05. The number of carbonyl (C=O) groups excluding carboxylic acids is 1. The fourth-order valence-corrected chi connectivity index (χ4v) is 3.43. The van der Waals surface area contributed by atoms with Crippen molar-refractivity contribution in [2.45, 2.75) is 52.0 Å². The predicted molar refractivity (Wildman–Crippen MR) is 94.1 cm³/mol. The molecule has 0 unspecified atom stereocenters. The van der Waals surface area contributed by atoms with Crippen LogP contribution in [0.15, 0.2) is 22.9 Å². The third kappa shape index (κ3) is 3.18. The molecule has 0 aliphatic heterocycles. The molecule has 26 heavy (non-hydrogen) atoms. The van der Waals surface area contributed by atoms with Gasteiger partial charge >= 0.3 is 0 Å². The Morgan fingerprint density at radius 2 is 2.15 bits per heavy atom. The van der Waals surface area contributed by atoms with Crippen molar-refractivity contribution < 1.29 is 9.32 Å². The number of aromatic nitrogens is 5. The maximum Gasteiger partial charge on any atom is 0.261 e. The van der Waals surface area contributed by atoms with E-state index in [4.69, 9.17) is 4.52 Å². The molecule has 1 aliphatic rings. The molecule has 0 saturated heterocycles. The second kappa shape index (κ2) is 7.23. The molecule has 136 valence electrons. The van der Waals surface area contributed by atoms with Crippen LogP contribution in [-0.4, -0.2) is 30.6 Å². The SMILES string of the molecule is CCc1noc(-c2cccn3c(CNC(=O)C4CCCCC4)nnc23)n1. The second-order valence-electron chi connectivity index (χ2n) is 6.65. The van der Waals surface area contributed by atoms with Crippen molar-refractivity contribution >= 4 is 11.6 Å². The summed E-state index contributed by atoms with van der Waals surface area (Å²) in [4.78, 5) is 16.7. The lowest BCUT2D eigenvalue weighted by Crippen LogP contribution is -2.32. The molecule has 0 radical (unpaired) electrons. The minimum Gasteiger partial charge on any atom is -0.349 e. The van der Waals surface area contributed by atoms with E-state index in [1.165, 1.54) is 6.42 Å². The highest BCUT2D eigenvalue weighted by Gasteiger charge is 2.21. The van der Waals surface area contributed by atoms with E-state index in [1.807, 2.05) is 29.7 Å². The molecule has 1 N–H and O–H groups in total. The molecule has 1 aliphatic carbocycles. The van der Waals surface area contributed by atoms with Gasteiger partial charge in [-0.25, -0.2) is 0 Å². The van der Waals surface area contributed by atoms with Gasteiger partial charge in [0.05, 0.1) is 12.1 Å². The first kappa shape index (κ1) is 16.7. The van der Waals surface area contributed by atoms with Crippen LogP contribution in [-0.2, 0) is 17.8 Å². The molecule has 1 fully saturated rings. The molecule has 8 nitrogen and oxygen atoms in total. The number of carbonyl (C=O) groups is 1. The standard InChI is InChI=1S/C18H22N6O2/c1-2-14-20-18(26-23-14)13-9-6-10-24-15(21-22-16(13)24)11-19-17(25)12-7-4-3-5-8-12/h6,9-10,12H,2-5,7-8,11H2,1H3,(H,19,25). The molecule has 0 bridgehead atoms. The molecule has 1 amide bonds. The number of fused-ring (bicyclic) bond motifs is 1. The fourth-order valence-electron chi connectivity index (χ4n) is 3.43. The summed E-state index contributed by atoms with van der Waals surface area (Å²) in [7, 11) is 0. The lowest BCUT2D eigenvalue weighted by Gasteiger charge is -2.20. The van der Waals surface area contributed by atoms with Gasteiger partial charge in [0.2, 0.25) is 5.91 Å². The molecule has 3 aromatic rings. The number of nitrogens with one attached hydrogen (secondary N) is 1. The van der Waals surface area contributed by atoms with Gasteiger partial charge in [0.25, 0.3) is 5.89 Å². The van der Waals surface area contributed by atoms with Gasteiger partial charge in [-0.1, -0.05) is 31.3 Å². The van der Waals surface area contributed by atoms with Crippen molar-refractivity contribution in [3.05, 3.63) is 30.0 Å².